The van der Waals surface area contributed by atoms with Crippen LogP contribution in [-0.2, 0) is 6.42 Å². The van der Waals surface area contributed by atoms with Crippen LogP contribution in [0.5, 0.6) is 0 Å². The zero-order chi connectivity index (χ0) is 13.1. The van der Waals surface area contributed by atoms with Crippen molar-refractivity contribution >= 4 is 0 Å². The van der Waals surface area contributed by atoms with Crippen LogP contribution in [0.3, 0.4) is 0 Å². The minimum Gasteiger partial charge on any atom is -0.393 e. The van der Waals surface area contributed by atoms with Gasteiger partial charge in [-0.3, -0.25) is 0 Å². The maximum Gasteiger partial charge on any atom is 0.0588 e. The van der Waals surface area contributed by atoms with Gasteiger partial charge < -0.3 is 5.11 Å². The zero-order valence-corrected chi connectivity index (χ0v) is 11.9. The van der Waals surface area contributed by atoms with Crippen LogP contribution in [-0.4, -0.2) is 11.2 Å². The standard InChI is InChI=1S/C16H26O/c1-12-9-10-14(11-13(12)2)7-6-8-15(17)16(3,4)5/h9-11,15,17H,6-8H2,1-5H3. The summed E-state index contributed by atoms with van der Waals surface area (Å²) in [6.45, 7) is 10.6. The molecule has 1 unspecified atom stereocenters. The second-order valence-corrected chi connectivity index (χ2v) is 6.19. The first-order valence-corrected chi connectivity index (χ1v) is 6.55. The SMILES string of the molecule is Cc1ccc(CCCC(O)C(C)(C)C)cc1C. The summed E-state index contributed by atoms with van der Waals surface area (Å²) in [7, 11) is 0. The van der Waals surface area contributed by atoms with E-state index in [9.17, 15) is 5.11 Å². The van der Waals surface area contributed by atoms with Crippen LogP contribution in [0.25, 0.3) is 0 Å². The van der Waals surface area contributed by atoms with E-state index in [1.807, 2.05) is 0 Å². The molecule has 0 aliphatic carbocycles. The van der Waals surface area contributed by atoms with Crippen molar-refractivity contribution in [3.05, 3.63) is 34.9 Å². The third-order valence-corrected chi connectivity index (χ3v) is 3.51. The first-order chi connectivity index (χ1) is 7.80. The largest absolute Gasteiger partial charge is 0.393 e. The van der Waals surface area contributed by atoms with Gasteiger partial charge in [0.15, 0.2) is 0 Å². The Kier molecular flexibility index (Phi) is 4.76. The van der Waals surface area contributed by atoms with Crippen LogP contribution in [0.2, 0.25) is 0 Å². The third kappa shape index (κ3) is 4.51. The van der Waals surface area contributed by atoms with Gasteiger partial charge in [-0.15, -0.1) is 0 Å². The van der Waals surface area contributed by atoms with Crippen molar-refractivity contribution in [2.75, 3.05) is 0 Å². The monoisotopic (exact) mass is 234 g/mol. The van der Waals surface area contributed by atoms with E-state index in [2.05, 4.69) is 52.8 Å². The maximum atomic E-state index is 9.96. The fourth-order valence-electron chi connectivity index (χ4n) is 1.89. The molecule has 1 atom stereocenters. The molecule has 1 aromatic carbocycles. The van der Waals surface area contributed by atoms with Crippen molar-refractivity contribution in [1.29, 1.82) is 0 Å². The van der Waals surface area contributed by atoms with Crippen LogP contribution >= 0.6 is 0 Å². The number of aryl methyl sites for hydroxylation is 3. The highest BCUT2D eigenvalue weighted by Crippen LogP contribution is 2.23. The molecule has 0 aliphatic heterocycles. The maximum absolute atomic E-state index is 9.96. The number of aliphatic hydroxyl groups excluding tert-OH is 1. The summed E-state index contributed by atoms with van der Waals surface area (Å²) in [6, 6.07) is 6.65. The molecule has 0 spiro atoms. The quantitative estimate of drug-likeness (QED) is 0.834. The van der Waals surface area contributed by atoms with E-state index in [1.54, 1.807) is 0 Å². The van der Waals surface area contributed by atoms with Crippen LogP contribution in [0.15, 0.2) is 18.2 Å². The third-order valence-electron chi connectivity index (χ3n) is 3.51. The summed E-state index contributed by atoms with van der Waals surface area (Å²) in [5.74, 6) is 0. The Labute approximate surface area is 106 Å². The van der Waals surface area contributed by atoms with E-state index in [1.165, 1.54) is 16.7 Å². The first kappa shape index (κ1) is 14.2. The molecule has 1 rings (SSSR count). The summed E-state index contributed by atoms with van der Waals surface area (Å²) >= 11 is 0. The highest BCUT2D eigenvalue weighted by atomic mass is 16.3. The minimum atomic E-state index is -0.200. The molecule has 0 saturated carbocycles. The van der Waals surface area contributed by atoms with Crippen LogP contribution in [0.1, 0.15) is 50.3 Å². The van der Waals surface area contributed by atoms with Gasteiger partial charge in [0.2, 0.25) is 0 Å². The van der Waals surface area contributed by atoms with Gasteiger partial charge >= 0.3 is 0 Å². The Morgan fingerprint density at radius 3 is 2.29 bits per heavy atom. The average Bonchev–Trinajstić information content (AvgIpc) is 2.22. The predicted octanol–water partition coefficient (Wildman–Crippen LogP) is 4.03. The molecule has 0 fully saturated rings. The number of aliphatic hydroxyl groups is 1. The molecule has 96 valence electrons. The molecule has 17 heavy (non-hydrogen) atoms. The van der Waals surface area contributed by atoms with Gasteiger partial charge in [0.05, 0.1) is 6.10 Å². The van der Waals surface area contributed by atoms with Gasteiger partial charge in [0, 0.05) is 0 Å². The summed E-state index contributed by atoms with van der Waals surface area (Å²) in [5, 5.41) is 9.96. The second-order valence-electron chi connectivity index (χ2n) is 6.19. The van der Waals surface area contributed by atoms with E-state index in [-0.39, 0.29) is 11.5 Å². The Hall–Kier alpha value is -0.820. The Morgan fingerprint density at radius 1 is 1.12 bits per heavy atom. The molecule has 0 aliphatic rings. The lowest BCUT2D eigenvalue weighted by atomic mass is 9.86. The molecular formula is C16H26O. The molecule has 1 heteroatoms. The van der Waals surface area contributed by atoms with Gasteiger partial charge in [0.25, 0.3) is 0 Å². The molecule has 0 radical (unpaired) electrons. The van der Waals surface area contributed by atoms with Gasteiger partial charge in [-0.05, 0) is 55.2 Å². The van der Waals surface area contributed by atoms with E-state index >= 15 is 0 Å². The Bertz CT molecular complexity index is 360. The second kappa shape index (κ2) is 5.68. The van der Waals surface area contributed by atoms with Crippen molar-refractivity contribution in [3.63, 3.8) is 0 Å². The van der Waals surface area contributed by atoms with Gasteiger partial charge in [-0.2, -0.15) is 0 Å². The van der Waals surface area contributed by atoms with Crippen LogP contribution in [0, 0.1) is 19.3 Å². The number of hydrogen-bond donors (Lipinski definition) is 1. The van der Waals surface area contributed by atoms with Crippen molar-refractivity contribution in [3.8, 4) is 0 Å². The summed E-state index contributed by atoms with van der Waals surface area (Å²) < 4.78 is 0. The molecule has 1 nitrogen and oxygen atoms in total. The van der Waals surface area contributed by atoms with E-state index in [0.717, 1.165) is 19.3 Å². The highest BCUT2D eigenvalue weighted by Gasteiger charge is 2.21. The highest BCUT2D eigenvalue weighted by molar-refractivity contribution is 5.29. The lowest BCUT2D eigenvalue weighted by molar-refractivity contribution is 0.0540. The molecule has 0 amide bonds. The van der Waals surface area contributed by atoms with E-state index in [4.69, 9.17) is 0 Å². The van der Waals surface area contributed by atoms with Crippen molar-refractivity contribution in [2.45, 2.75) is 60.0 Å². The van der Waals surface area contributed by atoms with E-state index < -0.39 is 0 Å². The fraction of sp³-hybridized carbons (Fsp3) is 0.625. The Balaban J connectivity index is 2.44. The van der Waals surface area contributed by atoms with E-state index in [0.29, 0.717) is 0 Å². The molecule has 0 heterocycles. The molecule has 1 aromatic rings. The topological polar surface area (TPSA) is 20.2 Å². The average molecular weight is 234 g/mol. The normalized spacial score (nSPS) is 13.8. The first-order valence-electron chi connectivity index (χ1n) is 6.55. The molecular weight excluding hydrogens is 208 g/mol. The van der Waals surface area contributed by atoms with Gasteiger partial charge in [-0.25, -0.2) is 0 Å². The molecule has 1 N–H and O–H groups in total. The molecule has 0 bridgehead atoms. The summed E-state index contributed by atoms with van der Waals surface area (Å²) in [4.78, 5) is 0. The summed E-state index contributed by atoms with van der Waals surface area (Å²) in [5.41, 5.74) is 4.10. The van der Waals surface area contributed by atoms with Gasteiger partial charge in [-0.1, -0.05) is 39.0 Å². The predicted molar refractivity (Wildman–Crippen MR) is 74.3 cm³/mol. The lowest BCUT2D eigenvalue weighted by Crippen LogP contribution is -2.25. The van der Waals surface area contributed by atoms with Crippen molar-refractivity contribution in [2.24, 2.45) is 5.41 Å². The molecule has 0 aromatic heterocycles. The smallest absolute Gasteiger partial charge is 0.0588 e. The van der Waals surface area contributed by atoms with Crippen LogP contribution in [0.4, 0.5) is 0 Å². The zero-order valence-electron chi connectivity index (χ0n) is 11.9. The van der Waals surface area contributed by atoms with Crippen LogP contribution < -0.4 is 0 Å². The fourth-order valence-corrected chi connectivity index (χ4v) is 1.89. The van der Waals surface area contributed by atoms with Crippen molar-refractivity contribution in [1.82, 2.24) is 0 Å². The number of hydrogen-bond acceptors (Lipinski definition) is 1. The van der Waals surface area contributed by atoms with Crippen molar-refractivity contribution < 1.29 is 5.11 Å². The Morgan fingerprint density at radius 2 is 1.76 bits per heavy atom. The summed E-state index contributed by atoms with van der Waals surface area (Å²) in [6.07, 6.45) is 2.81. The lowest BCUT2D eigenvalue weighted by Gasteiger charge is -2.25. The minimum absolute atomic E-state index is 0.00317. The molecule has 0 saturated heterocycles. The number of rotatable bonds is 4. The van der Waals surface area contributed by atoms with Gasteiger partial charge in [0.1, 0.15) is 0 Å². The number of benzene rings is 1.